The smallest absolute Gasteiger partial charge is 0.132 e. The molecule has 1 aromatic carbocycles. The Hall–Kier alpha value is -0.800. The Bertz CT molecular complexity index is 291. The summed E-state index contributed by atoms with van der Waals surface area (Å²) < 4.78 is 18.1. The van der Waals surface area contributed by atoms with E-state index in [2.05, 4.69) is 0 Å². The van der Waals surface area contributed by atoms with E-state index >= 15 is 0 Å². The largest absolute Gasteiger partial charge is 0.496 e. The van der Waals surface area contributed by atoms with Crippen LogP contribution in [-0.2, 0) is 0 Å². The standard InChI is InChI=1S/C9H10ClFO2/c1-13-8-4-2-3-6(11)9(8)7(12)5-10/h2-4,7,12H,5H2,1H3. The molecule has 1 atom stereocenters. The van der Waals surface area contributed by atoms with Crippen LogP contribution in [0, 0.1) is 5.82 Å². The predicted octanol–water partition coefficient (Wildman–Crippen LogP) is 2.11. The zero-order chi connectivity index (χ0) is 9.84. The maximum absolute atomic E-state index is 13.2. The van der Waals surface area contributed by atoms with Gasteiger partial charge in [-0.15, -0.1) is 11.6 Å². The summed E-state index contributed by atoms with van der Waals surface area (Å²) in [5, 5.41) is 9.37. The van der Waals surface area contributed by atoms with Crippen molar-refractivity contribution in [2.75, 3.05) is 13.0 Å². The van der Waals surface area contributed by atoms with Crippen molar-refractivity contribution in [2.24, 2.45) is 0 Å². The first kappa shape index (κ1) is 10.3. The first-order valence-corrected chi connectivity index (χ1v) is 4.30. The third-order valence-corrected chi connectivity index (χ3v) is 2.00. The van der Waals surface area contributed by atoms with E-state index in [1.165, 1.54) is 19.2 Å². The second kappa shape index (κ2) is 4.44. The van der Waals surface area contributed by atoms with Crippen molar-refractivity contribution >= 4 is 11.6 Å². The van der Waals surface area contributed by atoms with E-state index < -0.39 is 11.9 Å². The van der Waals surface area contributed by atoms with E-state index in [-0.39, 0.29) is 11.4 Å². The number of halogens is 2. The van der Waals surface area contributed by atoms with Crippen LogP contribution in [0.1, 0.15) is 11.7 Å². The molecule has 0 aliphatic heterocycles. The molecule has 0 aliphatic carbocycles. The molecule has 0 aromatic heterocycles. The molecule has 1 rings (SSSR count). The Morgan fingerprint density at radius 2 is 2.31 bits per heavy atom. The summed E-state index contributed by atoms with van der Waals surface area (Å²) in [6.45, 7) is 0. The van der Waals surface area contributed by atoms with E-state index in [4.69, 9.17) is 16.3 Å². The molecule has 1 N–H and O–H groups in total. The number of ether oxygens (including phenoxy) is 1. The van der Waals surface area contributed by atoms with Crippen molar-refractivity contribution in [3.8, 4) is 5.75 Å². The van der Waals surface area contributed by atoms with Gasteiger partial charge in [-0.05, 0) is 12.1 Å². The van der Waals surface area contributed by atoms with Gasteiger partial charge in [0.2, 0.25) is 0 Å². The fourth-order valence-corrected chi connectivity index (χ4v) is 1.25. The van der Waals surface area contributed by atoms with Gasteiger partial charge < -0.3 is 9.84 Å². The van der Waals surface area contributed by atoms with Gasteiger partial charge in [-0.1, -0.05) is 6.07 Å². The molecule has 0 amide bonds. The molecule has 2 nitrogen and oxygen atoms in total. The van der Waals surface area contributed by atoms with Gasteiger partial charge in [0.05, 0.1) is 24.7 Å². The lowest BCUT2D eigenvalue weighted by Crippen LogP contribution is -2.04. The van der Waals surface area contributed by atoms with Crippen LogP contribution in [-0.4, -0.2) is 18.1 Å². The number of aliphatic hydroxyl groups is 1. The zero-order valence-electron chi connectivity index (χ0n) is 7.13. The van der Waals surface area contributed by atoms with Crippen LogP contribution in [0.2, 0.25) is 0 Å². The molecule has 0 spiro atoms. The fourth-order valence-electron chi connectivity index (χ4n) is 1.10. The Labute approximate surface area is 80.9 Å². The van der Waals surface area contributed by atoms with E-state index in [1.807, 2.05) is 0 Å². The summed E-state index contributed by atoms with van der Waals surface area (Å²) in [7, 11) is 1.42. The highest BCUT2D eigenvalue weighted by molar-refractivity contribution is 6.18. The summed E-state index contributed by atoms with van der Waals surface area (Å²) in [4.78, 5) is 0. The highest BCUT2D eigenvalue weighted by atomic mass is 35.5. The molecule has 1 unspecified atom stereocenters. The molecule has 1 aromatic rings. The quantitative estimate of drug-likeness (QED) is 0.765. The van der Waals surface area contributed by atoms with Gasteiger partial charge in [0, 0.05) is 0 Å². The highest BCUT2D eigenvalue weighted by Gasteiger charge is 2.16. The number of benzene rings is 1. The maximum Gasteiger partial charge on any atom is 0.132 e. The van der Waals surface area contributed by atoms with Crippen molar-refractivity contribution in [1.82, 2.24) is 0 Å². The van der Waals surface area contributed by atoms with Crippen molar-refractivity contribution in [1.29, 1.82) is 0 Å². The summed E-state index contributed by atoms with van der Waals surface area (Å²) in [6, 6.07) is 4.35. The van der Waals surface area contributed by atoms with E-state index in [0.29, 0.717) is 5.75 Å². The number of methoxy groups -OCH3 is 1. The van der Waals surface area contributed by atoms with Crippen LogP contribution in [0.3, 0.4) is 0 Å². The molecular formula is C9H10ClFO2. The van der Waals surface area contributed by atoms with Crippen LogP contribution in [0.25, 0.3) is 0 Å². The van der Waals surface area contributed by atoms with E-state index in [1.54, 1.807) is 6.07 Å². The van der Waals surface area contributed by atoms with Gasteiger partial charge >= 0.3 is 0 Å². The van der Waals surface area contributed by atoms with Crippen molar-refractivity contribution in [3.63, 3.8) is 0 Å². The second-order valence-corrected chi connectivity index (χ2v) is 2.83. The van der Waals surface area contributed by atoms with Crippen molar-refractivity contribution in [3.05, 3.63) is 29.6 Å². The van der Waals surface area contributed by atoms with Gasteiger partial charge in [-0.3, -0.25) is 0 Å². The van der Waals surface area contributed by atoms with Crippen LogP contribution >= 0.6 is 11.6 Å². The molecule has 0 heterocycles. The average Bonchev–Trinajstić information content (AvgIpc) is 2.16. The van der Waals surface area contributed by atoms with Crippen molar-refractivity contribution in [2.45, 2.75) is 6.10 Å². The molecule has 0 saturated carbocycles. The first-order valence-electron chi connectivity index (χ1n) is 3.77. The SMILES string of the molecule is COc1cccc(F)c1C(O)CCl. The third kappa shape index (κ3) is 2.11. The molecule has 0 fully saturated rings. The lowest BCUT2D eigenvalue weighted by atomic mass is 10.1. The minimum atomic E-state index is -1.03. The second-order valence-electron chi connectivity index (χ2n) is 2.53. The Morgan fingerprint density at radius 1 is 1.62 bits per heavy atom. The van der Waals surface area contributed by atoms with Gasteiger partial charge in [0.25, 0.3) is 0 Å². The van der Waals surface area contributed by atoms with E-state index in [0.717, 1.165) is 0 Å². The lowest BCUT2D eigenvalue weighted by molar-refractivity contribution is 0.192. The van der Waals surface area contributed by atoms with Crippen LogP contribution in [0.4, 0.5) is 4.39 Å². The summed E-state index contributed by atoms with van der Waals surface area (Å²) in [5.41, 5.74) is 0.111. The van der Waals surface area contributed by atoms with Gasteiger partial charge in [-0.2, -0.15) is 0 Å². The number of hydrogen-bond donors (Lipinski definition) is 1. The van der Waals surface area contributed by atoms with Gasteiger partial charge in [-0.25, -0.2) is 4.39 Å². The molecule has 13 heavy (non-hydrogen) atoms. The maximum atomic E-state index is 13.2. The van der Waals surface area contributed by atoms with Gasteiger partial charge in [0.1, 0.15) is 11.6 Å². The topological polar surface area (TPSA) is 29.5 Å². The Balaban J connectivity index is 3.14. The van der Waals surface area contributed by atoms with Crippen LogP contribution < -0.4 is 4.74 Å². The van der Waals surface area contributed by atoms with Crippen LogP contribution in [0.15, 0.2) is 18.2 Å². The first-order chi connectivity index (χ1) is 6.20. The molecule has 0 saturated heterocycles. The zero-order valence-corrected chi connectivity index (χ0v) is 7.88. The molecule has 0 radical (unpaired) electrons. The molecule has 4 heteroatoms. The normalized spacial score (nSPS) is 12.6. The van der Waals surface area contributed by atoms with Crippen molar-refractivity contribution < 1.29 is 14.2 Å². The Kier molecular flexibility index (Phi) is 3.51. The number of hydrogen-bond acceptors (Lipinski definition) is 2. The molecular weight excluding hydrogens is 195 g/mol. The molecule has 72 valence electrons. The molecule has 0 aliphatic rings. The number of aliphatic hydroxyl groups excluding tert-OH is 1. The van der Waals surface area contributed by atoms with E-state index in [9.17, 15) is 9.50 Å². The minimum absolute atomic E-state index is 0.0582. The predicted molar refractivity (Wildman–Crippen MR) is 48.6 cm³/mol. The molecule has 0 bridgehead atoms. The fraction of sp³-hybridized carbons (Fsp3) is 0.333. The summed E-state index contributed by atoms with van der Waals surface area (Å²) in [5.74, 6) is -0.252. The minimum Gasteiger partial charge on any atom is -0.496 e. The monoisotopic (exact) mass is 204 g/mol. The van der Waals surface area contributed by atoms with Gasteiger partial charge in [0.15, 0.2) is 0 Å². The summed E-state index contributed by atoms with van der Waals surface area (Å²) in [6.07, 6.45) is -1.03. The Morgan fingerprint density at radius 3 is 2.85 bits per heavy atom. The highest BCUT2D eigenvalue weighted by Crippen LogP contribution is 2.28. The lowest BCUT2D eigenvalue weighted by Gasteiger charge is -2.12. The third-order valence-electron chi connectivity index (χ3n) is 1.71. The summed E-state index contributed by atoms with van der Waals surface area (Å²) >= 11 is 5.42. The van der Waals surface area contributed by atoms with Crippen LogP contribution in [0.5, 0.6) is 5.75 Å². The average molecular weight is 205 g/mol. The number of alkyl halides is 1. The number of rotatable bonds is 3.